The van der Waals surface area contributed by atoms with Crippen LogP contribution >= 0.6 is 11.6 Å². The van der Waals surface area contributed by atoms with Gasteiger partial charge >= 0.3 is 0 Å². The van der Waals surface area contributed by atoms with Crippen molar-refractivity contribution in [2.45, 2.75) is 18.7 Å². The second kappa shape index (κ2) is 12.6. The number of amides is 2. The Morgan fingerprint density at radius 2 is 1.48 bits per heavy atom. The van der Waals surface area contributed by atoms with Crippen molar-refractivity contribution >= 4 is 50.5 Å². The van der Waals surface area contributed by atoms with Crippen LogP contribution in [0.1, 0.15) is 28.4 Å². The molecule has 4 rings (SSSR count). The van der Waals surface area contributed by atoms with Gasteiger partial charge in [-0.05, 0) is 73.5 Å². The van der Waals surface area contributed by atoms with Crippen LogP contribution in [-0.2, 0) is 14.8 Å². The standard InChI is InChI=1S/C30H27ClN4O4S/c1-21-13-16-25(31)19-28(21)35(40(38,39)27-11-7-4-8-12-27)20-29(36)34-33-22(2)23-14-17-26(18-15-23)32-30(37)24-9-5-3-6-10-24/h3-19H,20H2,1-2H3,(H,32,37)(H,34,36)/b33-22-. The van der Waals surface area contributed by atoms with Crippen LogP contribution in [0.5, 0.6) is 0 Å². The van der Waals surface area contributed by atoms with Crippen LogP contribution in [0.25, 0.3) is 0 Å². The first-order valence-electron chi connectivity index (χ1n) is 12.3. The number of nitrogens with one attached hydrogen (secondary N) is 2. The van der Waals surface area contributed by atoms with E-state index in [1.807, 2.05) is 6.07 Å². The molecule has 0 bridgehead atoms. The third kappa shape index (κ3) is 6.93. The summed E-state index contributed by atoms with van der Waals surface area (Å²) in [5, 5.41) is 7.32. The molecule has 4 aromatic carbocycles. The molecule has 2 amide bonds. The summed E-state index contributed by atoms with van der Waals surface area (Å²) in [4.78, 5) is 25.4. The van der Waals surface area contributed by atoms with Gasteiger partial charge in [0.25, 0.3) is 21.8 Å². The van der Waals surface area contributed by atoms with Crippen molar-refractivity contribution in [2.75, 3.05) is 16.2 Å². The van der Waals surface area contributed by atoms with Gasteiger partial charge in [-0.1, -0.05) is 66.2 Å². The predicted molar refractivity (Wildman–Crippen MR) is 158 cm³/mol. The first-order valence-corrected chi connectivity index (χ1v) is 14.1. The SMILES string of the molecule is C/C(=N/NC(=O)CN(c1cc(Cl)ccc1C)S(=O)(=O)c1ccccc1)c1ccc(NC(=O)c2ccccc2)cc1. The molecule has 0 radical (unpaired) electrons. The molecular formula is C30H27ClN4O4S. The molecule has 0 aliphatic carbocycles. The van der Waals surface area contributed by atoms with Gasteiger partial charge in [0.1, 0.15) is 6.54 Å². The first-order chi connectivity index (χ1) is 19.1. The Bertz CT molecular complexity index is 1640. The van der Waals surface area contributed by atoms with Gasteiger partial charge in [-0.25, -0.2) is 13.8 Å². The first kappa shape index (κ1) is 28.5. The highest BCUT2D eigenvalue weighted by atomic mass is 35.5. The monoisotopic (exact) mass is 574 g/mol. The molecule has 0 saturated carbocycles. The van der Waals surface area contributed by atoms with Crippen molar-refractivity contribution in [3.05, 3.63) is 125 Å². The Kier molecular flexibility index (Phi) is 8.98. The zero-order valence-electron chi connectivity index (χ0n) is 21.8. The highest BCUT2D eigenvalue weighted by molar-refractivity contribution is 7.92. The van der Waals surface area contributed by atoms with Gasteiger partial charge in [0.15, 0.2) is 0 Å². The largest absolute Gasteiger partial charge is 0.322 e. The average Bonchev–Trinajstić information content (AvgIpc) is 2.97. The second-order valence-corrected chi connectivity index (χ2v) is 11.2. The van der Waals surface area contributed by atoms with E-state index in [1.165, 1.54) is 18.2 Å². The molecule has 10 heteroatoms. The number of aryl methyl sites for hydroxylation is 1. The molecule has 0 spiro atoms. The van der Waals surface area contributed by atoms with Crippen LogP contribution in [-0.4, -0.2) is 32.5 Å². The summed E-state index contributed by atoms with van der Waals surface area (Å²) < 4.78 is 28.1. The molecule has 0 aromatic heterocycles. The Balaban J connectivity index is 1.48. The van der Waals surface area contributed by atoms with Crippen molar-refractivity contribution in [1.29, 1.82) is 0 Å². The van der Waals surface area contributed by atoms with Crippen molar-refractivity contribution in [1.82, 2.24) is 5.43 Å². The summed E-state index contributed by atoms with van der Waals surface area (Å²) >= 11 is 6.17. The van der Waals surface area contributed by atoms with E-state index in [0.29, 0.717) is 38.8 Å². The van der Waals surface area contributed by atoms with Crippen molar-refractivity contribution < 1.29 is 18.0 Å². The molecule has 40 heavy (non-hydrogen) atoms. The summed E-state index contributed by atoms with van der Waals surface area (Å²) in [5.74, 6) is -0.860. The van der Waals surface area contributed by atoms with E-state index in [2.05, 4.69) is 15.8 Å². The molecule has 0 aliphatic rings. The number of hydrazone groups is 1. The zero-order chi connectivity index (χ0) is 28.7. The maximum absolute atomic E-state index is 13.5. The highest BCUT2D eigenvalue weighted by Crippen LogP contribution is 2.29. The third-order valence-corrected chi connectivity index (χ3v) is 8.01. The lowest BCUT2D eigenvalue weighted by molar-refractivity contribution is -0.119. The van der Waals surface area contributed by atoms with Crippen LogP contribution < -0.4 is 15.0 Å². The smallest absolute Gasteiger partial charge is 0.264 e. The summed E-state index contributed by atoms with van der Waals surface area (Å²) in [6.45, 7) is 2.93. The van der Waals surface area contributed by atoms with Gasteiger partial charge in [-0.15, -0.1) is 0 Å². The third-order valence-electron chi connectivity index (χ3n) is 6.00. The Morgan fingerprint density at radius 1 is 0.850 bits per heavy atom. The number of nitrogens with zero attached hydrogens (tertiary/aromatic N) is 2. The topological polar surface area (TPSA) is 108 Å². The molecule has 204 valence electrons. The fraction of sp³-hybridized carbons (Fsp3) is 0.100. The summed E-state index contributed by atoms with van der Waals surface area (Å²) in [6, 6.07) is 28.6. The maximum Gasteiger partial charge on any atom is 0.264 e. The Morgan fingerprint density at radius 3 is 2.12 bits per heavy atom. The van der Waals surface area contributed by atoms with E-state index >= 15 is 0 Å². The van der Waals surface area contributed by atoms with E-state index in [0.717, 1.165) is 4.31 Å². The Labute approximate surface area is 238 Å². The fourth-order valence-corrected chi connectivity index (χ4v) is 5.50. The quantitative estimate of drug-likeness (QED) is 0.199. The van der Waals surface area contributed by atoms with Crippen molar-refractivity contribution in [3.8, 4) is 0 Å². The summed E-state index contributed by atoms with van der Waals surface area (Å²) in [7, 11) is -4.08. The minimum absolute atomic E-state index is 0.0429. The van der Waals surface area contributed by atoms with Gasteiger partial charge in [0.2, 0.25) is 0 Å². The van der Waals surface area contributed by atoms with E-state index < -0.39 is 22.5 Å². The number of sulfonamides is 1. The van der Waals surface area contributed by atoms with Crippen LogP contribution in [0.4, 0.5) is 11.4 Å². The molecular weight excluding hydrogens is 548 g/mol. The molecule has 0 atom stereocenters. The molecule has 4 aromatic rings. The van der Waals surface area contributed by atoms with Crippen molar-refractivity contribution in [3.63, 3.8) is 0 Å². The minimum atomic E-state index is -4.08. The van der Waals surface area contributed by atoms with Crippen LogP contribution in [0.3, 0.4) is 0 Å². The van der Waals surface area contributed by atoms with Gasteiger partial charge in [0.05, 0.1) is 16.3 Å². The van der Waals surface area contributed by atoms with E-state index in [4.69, 9.17) is 11.6 Å². The lowest BCUT2D eigenvalue weighted by Gasteiger charge is -2.25. The van der Waals surface area contributed by atoms with Crippen LogP contribution in [0, 0.1) is 6.92 Å². The average molecular weight is 575 g/mol. The predicted octanol–water partition coefficient (Wildman–Crippen LogP) is 5.64. The number of carbonyl (C=O) groups excluding carboxylic acids is 2. The van der Waals surface area contributed by atoms with Gasteiger partial charge < -0.3 is 5.32 Å². The number of rotatable bonds is 9. The maximum atomic E-state index is 13.5. The number of anilines is 2. The fourth-order valence-electron chi connectivity index (χ4n) is 3.83. The van der Waals surface area contributed by atoms with Crippen LogP contribution in [0.2, 0.25) is 5.02 Å². The molecule has 0 aliphatic heterocycles. The van der Waals surface area contributed by atoms with E-state index in [-0.39, 0.29) is 10.8 Å². The molecule has 8 nitrogen and oxygen atoms in total. The molecule has 0 unspecified atom stereocenters. The van der Waals surface area contributed by atoms with Gasteiger partial charge in [-0.2, -0.15) is 5.10 Å². The lowest BCUT2D eigenvalue weighted by atomic mass is 10.1. The number of hydrogen-bond donors (Lipinski definition) is 2. The number of benzene rings is 4. The van der Waals surface area contributed by atoms with E-state index in [9.17, 15) is 18.0 Å². The van der Waals surface area contributed by atoms with Crippen LogP contribution in [0.15, 0.2) is 113 Å². The number of halogens is 1. The Hall–Kier alpha value is -4.47. The number of hydrogen-bond acceptors (Lipinski definition) is 5. The molecule has 2 N–H and O–H groups in total. The summed E-state index contributed by atoms with van der Waals surface area (Å²) in [5.41, 5.74) is 5.72. The summed E-state index contributed by atoms with van der Waals surface area (Å²) in [6.07, 6.45) is 0. The van der Waals surface area contributed by atoms with Gasteiger partial charge in [-0.3, -0.25) is 13.9 Å². The highest BCUT2D eigenvalue weighted by Gasteiger charge is 2.28. The molecule has 0 heterocycles. The lowest BCUT2D eigenvalue weighted by Crippen LogP contribution is -2.40. The second-order valence-electron chi connectivity index (χ2n) is 8.89. The number of carbonyl (C=O) groups is 2. The van der Waals surface area contributed by atoms with E-state index in [1.54, 1.807) is 92.7 Å². The molecule has 0 saturated heterocycles. The minimum Gasteiger partial charge on any atom is -0.322 e. The normalized spacial score (nSPS) is 11.5. The van der Waals surface area contributed by atoms with Crippen molar-refractivity contribution in [2.24, 2.45) is 5.10 Å². The van der Waals surface area contributed by atoms with Gasteiger partial charge in [0, 0.05) is 16.3 Å². The zero-order valence-corrected chi connectivity index (χ0v) is 23.4. The molecule has 0 fully saturated rings.